The maximum atomic E-state index is 12.0. The largest absolute Gasteiger partial charge is 0.452 e. The zero-order chi connectivity index (χ0) is 14.9. The molecule has 0 heterocycles. The van der Waals surface area contributed by atoms with Crippen LogP contribution >= 0.6 is 15.9 Å². The number of nitrogens with two attached hydrogens (primary N) is 1. The Morgan fingerprint density at radius 3 is 2.70 bits per heavy atom. The van der Waals surface area contributed by atoms with Crippen LogP contribution in [0.15, 0.2) is 16.6 Å². The maximum absolute atomic E-state index is 12.0. The van der Waals surface area contributed by atoms with Crippen LogP contribution in [0, 0.1) is 6.92 Å². The van der Waals surface area contributed by atoms with Gasteiger partial charge >= 0.3 is 5.97 Å². The molecule has 0 spiro atoms. The second-order valence-corrected chi connectivity index (χ2v) is 5.90. The quantitative estimate of drug-likeness (QED) is 0.673. The van der Waals surface area contributed by atoms with Gasteiger partial charge in [-0.25, -0.2) is 4.79 Å². The third kappa shape index (κ3) is 3.30. The van der Waals surface area contributed by atoms with E-state index in [-0.39, 0.29) is 12.5 Å². The lowest BCUT2D eigenvalue weighted by Gasteiger charge is -2.16. The molecule has 0 radical (unpaired) electrons. The predicted molar refractivity (Wildman–Crippen MR) is 79.4 cm³/mol. The van der Waals surface area contributed by atoms with Crippen molar-refractivity contribution >= 4 is 33.5 Å². The number of amides is 1. The summed E-state index contributed by atoms with van der Waals surface area (Å²) >= 11 is 3.28. The first-order valence-electron chi connectivity index (χ1n) is 6.38. The van der Waals surface area contributed by atoms with Crippen LogP contribution in [0.4, 0.5) is 5.69 Å². The number of carbonyl (C=O) groups excluding carboxylic acids is 2. The van der Waals surface area contributed by atoms with Crippen molar-refractivity contribution in [2.24, 2.45) is 0 Å². The molecule has 1 aromatic rings. The molecule has 1 aliphatic carbocycles. The van der Waals surface area contributed by atoms with Gasteiger partial charge in [0.1, 0.15) is 0 Å². The third-order valence-corrected chi connectivity index (χ3v) is 3.91. The molecule has 1 aliphatic rings. The van der Waals surface area contributed by atoms with E-state index in [0.29, 0.717) is 27.3 Å². The van der Waals surface area contributed by atoms with Gasteiger partial charge in [-0.2, -0.15) is 0 Å². The first-order valence-corrected chi connectivity index (χ1v) is 7.18. The van der Waals surface area contributed by atoms with Gasteiger partial charge in [0.05, 0.1) is 5.56 Å². The highest BCUT2D eigenvalue weighted by atomic mass is 79.9. The molecule has 6 heteroatoms. The van der Waals surface area contributed by atoms with Crippen molar-refractivity contribution in [3.63, 3.8) is 0 Å². The summed E-state index contributed by atoms with van der Waals surface area (Å²) in [6, 6.07) is 3.67. The van der Waals surface area contributed by atoms with E-state index >= 15 is 0 Å². The standard InChI is InChI=1S/C14H17BrN2O3/c1-8-11(5-9(15)6-12(8)16)14(19)20-7-13(18)17(2)10-3-4-10/h5-6,10H,3-4,7,16H2,1-2H3. The molecule has 0 atom stereocenters. The van der Waals surface area contributed by atoms with Crippen molar-refractivity contribution in [3.8, 4) is 0 Å². The summed E-state index contributed by atoms with van der Waals surface area (Å²) in [5.74, 6) is -0.713. The minimum Gasteiger partial charge on any atom is -0.452 e. The fourth-order valence-corrected chi connectivity index (χ4v) is 2.36. The summed E-state index contributed by atoms with van der Waals surface area (Å²) < 4.78 is 5.78. The summed E-state index contributed by atoms with van der Waals surface area (Å²) in [7, 11) is 1.73. The van der Waals surface area contributed by atoms with Gasteiger partial charge in [-0.1, -0.05) is 15.9 Å². The molecule has 2 rings (SSSR count). The minimum absolute atomic E-state index is 0.179. The Morgan fingerprint density at radius 2 is 2.10 bits per heavy atom. The molecule has 20 heavy (non-hydrogen) atoms. The Bertz CT molecular complexity index is 556. The highest BCUT2D eigenvalue weighted by Gasteiger charge is 2.30. The molecule has 1 aromatic carbocycles. The number of nitrogens with zero attached hydrogens (tertiary/aromatic N) is 1. The number of rotatable bonds is 4. The number of halogens is 1. The van der Waals surface area contributed by atoms with Crippen molar-refractivity contribution in [1.82, 2.24) is 4.90 Å². The van der Waals surface area contributed by atoms with E-state index in [1.807, 2.05) is 0 Å². The number of ether oxygens (including phenoxy) is 1. The maximum Gasteiger partial charge on any atom is 0.339 e. The zero-order valence-corrected chi connectivity index (χ0v) is 13.1. The number of esters is 1. The number of benzene rings is 1. The molecule has 5 nitrogen and oxygen atoms in total. The van der Waals surface area contributed by atoms with Crippen LogP contribution in [-0.4, -0.2) is 36.5 Å². The number of hydrogen-bond donors (Lipinski definition) is 1. The zero-order valence-electron chi connectivity index (χ0n) is 11.5. The van der Waals surface area contributed by atoms with E-state index in [0.717, 1.165) is 12.8 Å². The van der Waals surface area contributed by atoms with Crippen molar-refractivity contribution in [2.45, 2.75) is 25.8 Å². The molecule has 0 unspecified atom stereocenters. The van der Waals surface area contributed by atoms with Gasteiger partial charge in [0, 0.05) is 23.2 Å². The van der Waals surface area contributed by atoms with Crippen LogP contribution < -0.4 is 5.73 Å². The van der Waals surface area contributed by atoms with Gasteiger partial charge in [0.15, 0.2) is 6.61 Å². The van der Waals surface area contributed by atoms with Crippen LogP contribution in [0.2, 0.25) is 0 Å². The molecule has 1 amide bonds. The summed E-state index contributed by atoms with van der Waals surface area (Å²) in [6.07, 6.45) is 2.05. The number of anilines is 1. The normalized spacial score (nSPS) is 13.9. The molecule has 0 aliphatic heterocycles. The van der Waals surface area contributed by atoms with Gasteiger partial charge in [-0.3, -0.25) is 4.79 Å². The average molecular weight is 341 g/mol. The Kier molecular flexibility index (Phi) is 4.32. The van der Waals surface area contributed by atoms with E-state index in [1.165, 1.54) is 0 Å². The Balaban J connectivity index is 2.00. The van der Waals surface area contributed by atoms with Gasteiger partial charge in [0.2, 0.25) is 0 Å². The van der Waals surface area contributed by atoms with Gasteiger partial charge < -0.3 is 15.4 Å². The van der Waals surface area contributed by atoms with Crippen molar-refractivity contribution < 1.29 is 14.3 Å². The second kappa shape index (κ2) is 5.83. The lowest BCUT2D eigenvalue weighted by molar-refractivity contribution is -0.133. The smallest absolute Gasteiger partial charge is 0.339 e. The minimum atomic E-state index is -0.534. The monoisotopic (exact) mass is 340 g/mol. The van der Waals surface area contributed by atoms with Crippen molar-refractivity contribution in [3.05, 3.63) is 27.7 Å². The van der Waals surface area contributed by atoms with Crippen LogP contribution in [0.3, 0.4) is 0 Å². The van der Waals surface area contributed by atoms with Crippen LogP contribution in [-0.2, 0) is 9.53 Å². The van der Waals surface area contributed by atoms with Crippen molar-refractivity contribution in [1.29, 1.82) is 0 Å². The number of likely N-dealkylation sites (N-methyl/N-ethyl adjacent to an activating group) is 1. The third-order valence-electron chi connectivity index (χ3n) is 3.45. The summed E-state index contributed by atoms with van der Waals surface area (Å²) in [4.78, 5) is 25.4. The highest BCUT2D eigenvalue weighted by Crippen LogP contribution is 2.26. The lowest BCUT2D eigenvalue weighted by Crippen LogP contribution is -2.33. The van der Waals surface area contributed by atoms with E-state index < -0.39 is 5.97 Å². The van der Waals surface area contributed by atoms with Crippen molar-refractivity contribution in [2.75, 3.05) is 19.4 Å². The first-order chi connectivity index (χ1) is 9.40. The molecular weight excluding hydrogens is 324 g/mol. The van der Waals surface area contributed by atoms with Gasteiger partial charge in [-0.05, 0) is 37.5 Å². The predicted octanol–water partition coefficient (Wildman–Crippen LogP) is 2.12. The molecule has 0 bridgehead atoms. The molecule has 1 fully saturated rings. The van der Waals surface area contributed by atoms with Gasteiger partial charge in [0.25, 0.3) is 5.91 Å². The number of nitrogen functional groups attached to an aromatic ring is 1. The van der Waals surface area contributed by atoms with E-state index in [9.17, 15) is 9.59 Å². The van der Waals surface area contributed by atoms with Gasteiger partial charge in [-0.15, -0.1) is 0 Å². The Labute approximate surface area is 126 Å². The van der Waals surface area contributed by atoms with Crippen LogP contribution in [0.1, 0.15) is 28.8 Å². The summed E-state index contributed by atoms with van der Waals surface area (Å²) in [5.41, 5.74) is 7.33. The second-order valence-electron chi connectivity index (χ2n) is 4.98. The molecule has 0 aromatic heterocycles. The number of hydrogen-bond acceptors (Lipinski definition) is 4. The molecular formula is C14H17BrN2O3. The Morgan fingerprint density at radius 1 is 1.45 bits per heavy atom. The van der Waals surface area contributed by atoms with E-state index in [2.05, 4.69) is 15.9 Å². The average Bonchev–Trinajstić information content (AvgIpc) is 3.23. The first kappa shape index (κ1) is 14.8. The van der Waals surface area contributed by atoms with Crippen LogP contribution in [0.5, 0.6) is 0 Å². The molecule has 1 saturated carbocycles. The number of carbonyl (C=O) groups is 2. The summed E-state index contributed by atoms with van der Waals surface area (Å²) in [6.45, 7) is 1.51. The SMILES string of the molecule is Cc1c(N)cc(Br)cc1C(=O)OCC(=O)N(C)C1CC1. The Hall–Kier alpha value is -1.56. The fourth-order valence-electron chi connectivity index (χ4n) is 1.88. The fraction of sp³-hybridized carbons (Fsp3) is 0.429. The molecule has 2 N–H and O–H groups in total. The molecule has 0 saturated heterocycles. The van der Waals surface area contributed by atoms with E-state index in [4.69, 9.17) is 10.5 Å². The topological polar surface area (TPSA) is 72.6 Å². The lowest BCUT2D eigenvalue weighted by atomic mass is 10.1. The molecule has 108 valence electrons. The highest BCUT2D eigenvalue weighted by molar-refractivity contribution is 9.10. The van der Waals surface area contributed by atoms with Crippen LogP contribution in [0.25, 0.3) is 0 Å². The van der Waals surface area contributed by atoms with E-state index in [1.54, 1.807) is 31.0 Å². The summed E-state index contributed by atoms with van der Waals surface area (Å²) in [5, 5.41) is 0.